The Balaban J connectivity index is 1.53. The number of nitrogens with zero attached hydrogens (tertiary/aromatic N) is 5. The number of rotatable bonds is 8. The first kappa shape index (κ1) is 24.2. The fourth-order valence-electron chi connectivity index (χ4n) is 6.50. The fraction of sp³-hybridized carbons (Fsp3) is 0.643. The number of H-pyrrole nitrogens is 1. The maximum absolute atomic E-state index is 13.3. The minimum Gasteiger partial charge on any atom is -0.321 e. The molecule has 2 aliphatic carbocycles. The predicted octanol–water partition coefficient (Wildman–Crippen LogP) is 5.92. The van der Waals surface area contributed by atoms with E-state index in [0.717, 1.165) is 53.5 Å². The molecule has 1 atom stereocenters. The average molecular weight is 477 g/mol. The fourth-order valence-corrected chi connectivity index (χ4v) is 6.50. The van der Waals surface area contributed by atoms with Gasteiger partial charge in [0, 0.05) is 18.2 Å². The summed E-state index contributed by atoms with van der Waals surface area (Å²) in [4.78, 5) is 19.0. The summed E-state index contributed by atoms with van der Waals surface area (Å²) >= 11 is 0. The van der Waals surface area contributed by atoms with Gasteiger partial charge in [-0.2, -0.15) is 0 Å². The van der Waals surface area contributed by atoms with E-state index in [-0.39, 0.29) is 11.6 Å². The van der Waals surface area contributed by atoms with Crippen LogP contribution < -0.4 is 5.56 Å². The Kier molecular flexibility index (Phi) is 7.32. The average Bonchev–Trinajstić information content (AvgIpc) is 3.55. The minimum absolute atomic E-state index is 0.0228. The molecule has 0 spiro atoms. The van der Waals surface area contributed by atoms with Crippen molar-refractivity contribution in [3.63, 3.8) is 0 Å². The molecule has 0 bridgehead atoms. The molecule has 5 rings (SSSR count). The molecule has 2 saturated carbocycles. The number of fused-ring (bicyclic) bond motifs is 1. The number of hydrogen-bond acceptors (Lipinski definition) is 5. The van der Waals surface area contributed by atoms with Gasteiger partial charge in [-0.1, -0.05) is 57.1 Å². The van der Waals surface area contributed by atoms with Crippen molar-refractivity contribution in [1.29, 1.82) is 0 Å². The van der Waals surface area contributed by atoms with E-state index in [1.807, 2.05) is 0 Å². The molecule has 2 fully saturated rings. The van der Waals surface area contributed by atoms with E-state index < -0.39 is 0 Å². The molecule has 2 heterocycles. The highest BCUT2D eigenvalue weighted by Gasteiger charge is 2.34. The van der Waals surface area contributed by atoms with Crippen LogP contribution in [-0.2, 0) is 6.54 Å². The van der Waals surface area contributed by atoms with Gasteiger partial charge in [0.15, 0.2) is 5.82 Å². The van der Waals surface area contributed by atoms with Crippen molar-refractivity contribution in [3.05, 3.63) is 51.1 Å². The van der Waals surface area contributed by atoms with Gasteiger partial charge in [0.2, 0.25) is 0 Å². The number of aromatic nitrogens is 5. The smallest absolute Gasteiger partial charge is 0.252 e. The SMILES string of the molecule is CCCC(c1nnnn1C1CCCCC1)N(Cc1cc2cc(C)cc(C)c2[nH]c1=O)C1CCCC1. The van der Waals surface area contributed by atoms with Crippen molar-refractivity contribution < 1.29 is 0 Å². The number of nitrogens with one attached hydrogen (secondary N) is 1. The summed E-state index contributed by atoms with van der Waals surface area (Å²) in [7, 11) is 0. The second-order valence-electron chi connectivity index (χ2n) is 10.9. The Morgan fingerprint density at radius 3 is 2.54 bits per heavy atom. The summed E-state index contributed by atoms with van der Waals surface area (Å²) in [5, 5.41) is 14.4. The molecule has 1 aromatic carbocycles. The molecule has 7 nitrogen and oxygen atoms in total. The third-order valence-corrected chi connectivity index (χ3v) is 8.22. The van der Waals surface area contributed by atoms with Gasteiger partial charge >= 0.3 is 0 Å². The molecular weight excluding hydrogens is 436 g/mol. The van der Waals surface area contributed by atoms with Gasteiger partial charge in [-0.25, -0.2) is 4.68 Å². The van der Waals surface area contributed by atoms with Crippen LogP contribution >= 0.6 is 0 Å². The van der Waals surface area contributed by atoms with Crippen molar-refractivity contribution in [2.75, 3.05) is 0 Å². The number of aryl methyl sites for hydroxylation is 2. The van der Waals surface area contributed by atoms with Gasteiger partial charge in [0.25, 0.3) is 5.56 Å². The van der Waals surface area contributed by atoms with E-state index in [2.05, 4.69) is 69.1 Å². The van der Waals surface area contributed by atoms with Gasteiger partial charge in [-0.3, -0.25) is 9.69 Å². The van der Waals surface area contributed by atoms with Gasteiger partial charge in [-0.05, 0) is 79.5 Å². The molecule has 188 valence electrons. The topological polar surface area (TPSA) is 79.7 Å². The highest BCUT2D eigenvalue weighted by Crippen LogP contribution is 2.37. The summed E-state index contributed by atoms with van der Waals surface area (Å²) in [5.74, 6) is 0.995. The van der Waals surface area contributed by atoms with Crippen LogP contribution in [-0.4, -0.2) is 36.1 Å². The molecule has 0 aliphatic heterocycles. The molecule has 0 radical (unpaired) electrons. The Bertz CT molecular complexity index is 1200. The number of pyridine rings is 1. The Hall–Kier alpha value is -2.54. The van der Waals surface area contributed by atoms with Crippen LogP contribution in [0, 0.1) is 13.8 Å². The first-order valence-electron chi connectivity index (χ1n) is 13.7. The summed E-state index contributed by atoms with van der Waals surface area (Å²) in [6.07, 6.45) is 13.0. The summed E-state index contributed by atoms with van der Waals surface area (Å²) in [6.45, 7) is 7.05. The Morgan fingerprint density at radius 1 is 1.06 bits per heavy atom. The molecule has 7 heteroatoms. The maximum atomic E-state index is 13.3. The van der Waals surface area contributed by atoms with Crippen molar-refractivity contribution in [3.8, 4) is 0 Å². The van der Waals surface area contributed by atoms with Crippen LogP contribution in [0.25, 0.3) is 10.9 Å². The van der Waals surface area contributed by atoms with Crippen molar-refractivity contribution >= 4 is 10.9 Å². The zero-order valence-corrected chi connectivity index (χ0v) is 21.6. The summed E-state index contributed by atoms with van der Waals surface area (Å²) in [6, 6.07) is 7.39. The van der Waals surface area contributed by atoms with Crippen molar-refractivity contribution in [2.24, 2.45) is 0 Å². The molecule has 0 amide bonds. The highest BCUT2D eigenvalue weighted by molar-refractivity contribution is 5.82. The lowest BCUT2D eigenvalue weighted by Crippen LogP contribution is -2.39. The normalized spacial score (nSPS) is 18.6. The zero-order chi connectivity index (χ0) is 24.4. The van der Waals surface area contributed by atoms with E-state index in [9.17, 15) is 4.79 Å². The lowest BCUT2D eigenvalue weighted by Gasteiger charge is -2.36. The van der Waals surface area contributed by atoms with Crippen molar-refractivity contribution in [1.82, 2.24) is 30.1 Å². The quantitative estimate of drug-likeness (QED) is 0.436. The number of aromatic amines is 1. The van der Waals surface area contributed by atoms with Crippen LogP contribution in [0.2, 0.25) is 0 Å². The monoisotopic (exact) mass is 476 g/mol. The Labute approximate surface area is 208 Å². The predicted molar refractivity (Wildman–Crippen MR) is 139 cm³/mol. The standard InChI is InChI=1S/C28H40N6O/c1-4-10-25(27-30-31-32-34(27)24-13-6-5-7-14-24)33(23-11-8-9-12-23)18-22-17-21-16-19(2)15-20(3)26(21)29-28(22)35/h15-17,23-25H,4-14,18H2,1-3H3,(H,29,35). The van der Waals surface area contributed by atoms with Crippen LogP contribution in [0.4, 0.5) is 0 Å². The minimum atomic E-state index is 0.0228. The third-order valence-electron chi connectivity index (χ3n) is 8.22. The first-order chi connectivity index (χ1) is 17.0. The highest BCUT2D eigenvalue weighted by atomic mass is 16.1. The lowest BCUT2D eigenvalue weighted by atomic mass is 9.95. The third kappa shape index (κ3) is 5.06. The van der Waals surface area contributed by atoms with Crippen LogP contribution in [0.1, 0.15) is 112 Å². The number of benzene rings is 1. The molecule has 3 aromatic rings. The van der Waals surface area contributed by atoms with Gasteiger partial charge in [-0.15, -0.1) is 5.10 Å². The van der Waals surface area contributed by atoms with Gasteiger partial charge < -0.3 is 4.98 Å². The van der Waals surface area contributed by atoms with Crippen molar-refractivity contribution in [2.45, 2.75) is 116 Å². The zero-order valence-electron chi connectivity index (χ0n) is 21.6. The van der Waals surface area contributed by atoms with Gasteiger partial charge in [0.05, 0.1) is 17.6 Å². The maximum Gasteiger partial charge on any atom is 0.252 e. The van der Waals surface area contributed by atoms with E-state index in [0.29, 0.717) is 18.6 Å². The first-order valence-corrected chi connectivity index (χ1v) is 13.7. The lowest BCUT2D eigenvalue weighted by molar-refractivity contribution is 0.105. The molecular formula is C28H40N6O. The summed E-state index contributed by atoms with van der Waals surface area (Å²) in [5.41, 5.74) is 4.15. The molecule has 2 aliphatic rings. The molecule has 0 saturated heterocycles. The number of tetrazole rings is 1. The van der Waals surface area contributed by atoms with Gasteiger partial charge in [0.1, 0.15) is 0 Å². The van der Waals surface area contributed by atoms with E-state index in [1.165, 1.54) is 50.5 Å². The van der Waals surface area contributed by atoms with Crippen LogP contribution in [0.5, 0.6) is 0 Å². The molecule has 35 heavy (non-hydrogen) atoms. The molecule has 1 N–H and O–H groups in total. The molecule has 1 unspecified atom stereocenters. The van der Waals surface area contributed by atoms with E-state index in [4.69, 9.17) is 0 Å². The second-order valence-corrected chi connectivity index (χ2v) is 10.9. The molecule has 2 aromatic heterocycles. The largest absolute Gasteiger partial charge is 0.321 e. The summed E-state index contributed by atoms with van der Waals surface area (Å²) < 4.78 is 2.14. The Morgan fingerprint density at radius 2 is 1.80 bits per heavy atom. The van der Waals surface area contributed by atoms with E-state index in [1.54, 1.807) is 0 Å². The second kappa shape index (κ2) is 10.6. The van der Waals surface area contributed by atoms with E-state index >= 15 is 0 Å². The van der Waals surface area contributed by atoms with Crippen LogP contribution in [0.3, 0.4) is 0 Å². The number of hydrogen-bond donors (Lipinski definition) is 1. The van der Waals surface area contributed by atoms with Crippen LogP contribution in [0.15, 0.2) is 23.0 Å².